The van der Waals surface area contributed by atoms with E-state index < -0.39 is 9.84 Å². The number of carbonyl (C=O) groups excluding carboxylic acids is 1. The zero-order chi connectivity index (χ0) is 13.2. The maximum atomic E-state index is 12.1. The fraction of sp³-hybridized carbons (Fsp3) is 0.462. The number of ketones is 1. The molecule has 0 radical (unpaired) electrons. The van der Waals surface area contributed by atoms with Crippen LogP contribution >= 0.6 is 15.9 Å². The van der Waals surface area contributed by atoms with Crippen LogP contribution in [0.1, 0.15) is 36.0 Å². The number of hydrogen-bond acceptors (Lipinski definition) is 3. The summed E-state index contributed by atoms with van der Waals surface area (Å²) in [7, 11) is -3.29. The van der Waals surface area contributed by atoms with Crippen molar-refractivity contribution in [3.05, 3.63) is 34.3 Å². The molecule has 0 bridgehead atoms. The van der Waals surface area contributed by atoms with Crippen LogP contribution < -0.4 is 0 Å². The molecule has 3 nitrogen and oxygen atoms in total. The maximum absolute atomic E-state index is 12.1. The van der Waals surface area contributed by atoms with Gasteiger partial charge in [0.1, 0.15) is 5.75 Å². The topological polar surface area (TPSA) is 51.2 Å². The van der Waals surface area contributed by atoms with Gasteiger partial charge in [-0.3, -0.25) is 4.79 Å². The molecule has 0 atom stereocenters. The summed E-state index contributed by atoms with van der Waals surface area (Å²) >= 11 is 3.27. The predicted octanol–water partition coefficient (Wildman–Crippen LogP) is 2.99. The Bertz CT molecular complexity index is 545. The predicted molar refractivity (Wildman–Crippen MR) is 74.5 cm³/mol. The molecule has 0 spiro atoms. The summed E-state index contributed by atoms with van der Waals surface area (Å²) in [4.78, 5) is 12.0. The van der Waals surface area contributed by atoms with Crippen molar-refractivity contribution in [3.63, 3.8) is 0 Å². The van der Waals surface area contributed by atoms with E-state index in [4.69, 9.17) is 0 Å². The van der Waals surface area contributed by atoms with Crippen molar-refractivity contribution in [1.82, 2.24) is 0 Å². The van der Waals surface area contributed by atoms with Gasteiger partial charge in [0.05, 0.1) is 5.25 Å². The van der Waals surface area contributed by atoms with Crippen molar-refractivity contribution >= 4 is 31.6 Å². The largest absolute Gasteiger partial charge is 0.293 e. The van der Waals surface area contributed by atoms with Gasteiger partial charge < -0.3 is 0 Å². The summed E-state index contributed by atoms with van der Waals surface area (Å²) in [6.07, 6.45) is 3.31. The Hall–Kier alpha value is -0.680. The molecule has 1 aliphatic carbocycles. The van der Waals surface area contributed by atoms with Gasteiger partial charge in [0, 0.05) is 10.0 Å². The van der Waals surface area contributed by atoms with Gasteiger partial charge in [-0.2, -0.15) is 0 Å². The first-order valence-electron chi connectivity index (χ1n) is 5.99. The fourth-order valence-electron chi connectivity index (χ4n) is 2.29. The quantitative estimate of drug-likeness (QED) is 0.797. The smallest absolute Gasteiger partial charge is 0.177 e. The molecule has 1 saturated carbocycles. The van der Waals surface area contributed by atoms with Gasteiger partial charge in [0.25, 0.3) is 0 Å². The Morgan fingerprint density at radius 2 is 1.94 bits per heavy atom. The maximum Gasteiger partial charge on any atom is 0.177 e. The zero-order valence-electron chi connectivity index (χ0n) is 9.93. The lowest BCUT2D eigenvalue weighted by molar-refractivity contribution is 0.102. The SMILES string of the molecule is O=C(CS(=O)(=O)C1CCCC1)c1cccc(Br)c1. The second-order valence-corrected chi connectivity index (χ2v) is 7.84. The Balaban J connectivity index is 2.11. The van der Waals surface area contributed by atoms with Crippen LogP contribution in [-0.2, 0) is 9.84 Å². The van der Waals surface area contributed by atoms with Crippen LogP contribution in [0.25, 0.3) is 0 Å². The lowest BCUT2D eigenvalue weighted by Crippen LogP contribution is -2.25. The van der Waals surface area contributed by atoms with Crippen LogP contribution in [-0.4, -0.2) is 25.2 Å². The molecule has 2 rings (SSSR count). The van der Waals surface area contributed by atoms with E-state index in [-0.39, 0.29) is 16.8 Å². The highest BCUT2D eigenvalue weighted by Gasteiger charge is 2.30. The third kappa shape index (κ3) is 3.20. The van der Waals surface area contributed by atoms with Crippen LogP contribution in [0.4, 0.5) is 0 Å². The van der Waals surface area contributed by atoms with Crippen molar-refractivity contribution < 1.29 is 13.2 Å². The average Bonchev–Trinajstić information content (AvgIpc) is 2.82. The first kappa shape index (κ1) is 13.7. The highest BCUT2D eigenvalue weighted by atomic mass is 79.9. The van der Waals surface area contributed by atoms with Gasteiger partial charge in [0.15, 0.2) is 15.6 Å². The van der Waals surface area contributed by atoms with E-state index in [1.165, 1.54) is 0 Å². The van der Waals surface area contributed by atoms with Crippen LogP contribution in [0.15, 0.2) is 28.7 Å². The van der Waals surface area contributed by atoms with Gasteiger partial charge in [-0.1, -0.05) is 40.9 Å². The van der Waals surface area contributed by atoms with E-state index in [1.807, 2.05) is 6.07 Å². The van der Waals surface area contributed by atoms with Crippen molar-refractivity contribution in [2.75, 3.05) is 5.75 Å². The van der Waals surface area contributed by atoms with Gasteiger partial charge in [-0.25, -0.2) is 8.42 Å². The summed E-state index contributed by atoms with van der Waals surface area (Å²) in [5.41, 5.74) is 0.450. The number of Topliss-reactive ketones (excluding diaryl/α,β-unsaturated/α-hetero) is 1. The standard InChI is InChI=1S/C13H15BrO3S/c14-11-5-3-4-10(8-11)13(15)9-18(16,17)12-6-1-2-7-12/h3-5,8,12H,1-2,6-7,9H2. The Labute approximate surface area is 116 Å². The minimum atomic E-state index is -3.29. The van der Waals surface area contributed by atoms with Crippen LogP contribution in [0, 0.1) is 0 Å². The first-order valence-corrected chi connectivity index (χ1v) is 8.50. The lowest BCUT2D eigenvalue weighted by atomic mass is 10.2. The Morgan fingerprint density at radius 3 is 2.56 bits per heavy atom. The number of rotatable bonds is 4. The van der Waals surface area contributed by atoms with Gasteiger partial charge in [-0.05, 0) is 25.0 Å². The molecule has 18 heavy (non-hydrogen) atoms. The monoisotopic (exact) mass is 330 g/mol. The first-order chi connectivity index (χ1) is 8.49. The molecule has 98 valence electrons. The molecule has 0 aliphatic heterocycles. The molecule has 0 aromatic heterocycles. The summed E-state index contributed by atoms with van der Waals surface area (Å²) < 4.78 is 24.9. The molecule has 1 aromatic carbocycles. The molecular formula is C13H15BrO3S. The highest BCUT2D eigenvalue weighted by molar-refractivity contribution is 9.10. The summed E-state index contributed by atoms with van der Waals surface area (Å²) in [5, 5.41) is -0.311. The molecular weight excluding hydrogens is 316 g/mol. The Kier molecular flexibility index (Phi) is 4.22. The highest BCUT2D eigenvalue weighted by Crippen LogP contribution is 2.25. The molecule has 1 fully saturated rings. The van der Waals surface area contributed by atoms with E-state index in [9.17, 15) is 13.2 Å². The van der Waals surface area contributed by atoms with Crippen LogP contribution in [0.2, 0.25) is 0 Å². The fourth-order valence-corrected chi connectivity index (χ4v) is 4.51. The van der Waals surface area contributed by atoms with Gasteiger partial charge in [0.2, 0.25) is 0 Å². The van der Waals surface area contributed by atoms with Gasteiger partial charge >= 0.3 is 0 Å². The summed E-state index contributed by atoms with van der Waals surface area (Å²) in [5.74, 6) is -0.683. The third-order valence-corrected chi connectivity index (χ3v) is 5.93. The number of carbonyl (C=O) groups is 1. The van der Waals surface area contributed by atoms with Crippen molar-refractivity contribution in [1.29, 1.82) is 0 Å². The van der Waals surface area contributed by atoms with E-state index in [0.717, 1.165) is 17.3 Å². The van der Waals surface area contributed by atoms with Crippen molar-refractivity contribution in [3.8, 4) is 0 Å². The Morgan fingerprint density at radius 1 is 1.28 bits per heavy atom. The lowest BCUT2D eigenvalue weighted by Gasteiger charge is -2.10. The van der Waals surface area contributed by atoms with E-state index in [1.54, 1.807) is 18.2 Å². The minimum absolute atomic E-state index is 0.311. The van der Waals surface area contributed by atoms with Crippen molar-refractivity contribution in [2.24, 2.45) is 0 Å². The normalized spacial score (nSPS) is 16.9. The summed E-state index contributed by atoms with van der Waals surface area (Å²) in [6, 6.07) is 6.85. The molecule has 1 aliphatic rings. The zero-order valence-corrected chi connectivity index (χ0v) is 12.3. The second-order valence-electron chi connectivity index (χ2n) is 4.65. The number of benzene rings is 1. The molecule has 0 heterocycles. The number of sulfone groups is 1. The molecule has 1 aromatic rings. The minimum Gasteiger partial charge on any atom is -0.293 e. The average molecular weight is 331 g/mol. The van der Waals surface area contributed by atoms with Crippen LogP contribution in [0.5, 0.6) is 0 Å². The van der Waals surface area contributed by atoms with Gasteiger partial charge in [-0.15, -0.1) is 0 Å². The van der Waals surface area contributed by atoms with E-state index >= 15 is 0 Å². The molecule has 0 unspecified atom stereocenters. The molecule has 5 heteroatoms. The molecule has 0 N–H and O–H groups in total. The molecule has 0 saturated heterocycles. The van der Waals surface area contributed by atoms with E-state index in [2.05, 4.69) is 15.9 Å². The van der Waals surface area contributed by atoms with E-state index in [0.29, 0.717) is 18.4 Å². The second kappa shape index (κ2) is 5.53. The third-order valence-electron chi connectivity index (χ3n) is 3.29. The number of hydrogen-bond donors (Lipinski definition) is 0. The summed E-state index contributed by atoms with van der Waals surface area (Å²) in [6.45, 7) is 0. The number of halogens is 1. The molecule has 0 amide bonds. The van der Waals surface area contributed by atoms with Crippen molar-refractivity contribution in [2.45, 2.75) is 30.9 Å². The van der Waals surface area contributed by atoms with Crippen LogP contribution in [0.3, 0.4) is 0 Å².